The number of aryl methyl sites for hydroxylation is 1. The molecule has 1 fully saturated rings. The van der Waals surface area contributed by atoms with Crippen molar-refractivity contribution in [3.63, 3.8) is 0 Å². The van der Waals surface area contributed by atoms with Crippen LogP contribution in [0.4, 0.5) is 5.69 Å². The summed E-state index contributed by atoms with van der Waals surface area (Å²) in [5.74, 6) is 0.653. The van der Waals surface area contributed by atoms with Crippen molar-refractivity contribution in [3.05, 3.63) is 47.8 Å². The first-order valence-electron chi connectivity index (χ1n) is 12.9. The number of ether oxygens (including phenoxy) is 1. The maximum absolute atomic E-state index is 13.6. The van der Waals surface area contributed by atoms with Crippen molar-refractivity contribution >= 4 is 28.3 Å². The summed E-state index contributed by atoms with van der Waals surface area (Å²) < 4.78 is 7.52. The molecular formula is C27H36N6O3. The van der Waals surface area contributed by atoms with Gasteiger partial charge < -0.3 is 20.6 Å². The first-order chi connectivity index (χ1) is 17.6. The summed E-state index contributed by atoms with van der Waals surface area (Å²) in [7, 11) is 0. The summed E-state index contributed by atoms with van der Waals surface area (Å²) in [4.78, 5) is 18.2. The first-order valence-corrected chi connectivity index (χ1v) is 12.9. The van der Waals surface area contributed by atoms with E-state index in [0.29, 0.717) is 18.7 Å². The van der Waals surface area contributed by atoms with E-state index in [2.05, 4.69) is 39.7 Å². The summed E-state index contributed by atoms with van der Waals surface area (Å²) in [6, 6.07) is 7.94. The SMILES string of the molecule is CCCOc1ccc(C(CC)NC(=O)c2cnc3c(cnn3CC)c2NC2CCC(=NO)CC2)cc1. The molecule has 1 aliphatic rings. The number of pyridine rings is 1. The molecule has 36 heavy (non-hydrogen) atoms. The second-order valence-corrected chi connectivity index (χ2v) is 9.18. The van der Waals surface area contributed by atoms with Gasteiger partial charge in [-0.15, -0.1) is 0 Å². The molecule has 1 amide bonds. The number of carbonyl (C=O) groups excluding carboxylic acids is 1. The third-order valence-corrected chi connectivity index (χ3v) is 6.73. The maximum atomic E-state index is 13.6. The number of carbonyl (C=O) groups is 1. The zero-order chi connectivity index (χ0) is 25.5. The molecule has 0 bridgehead atoms. The van der Waals surface area contributed by atoms with E-state index in [1.54, 1.807) is 12.4 Å². The second-order valence-electron chi connectivity index (χ2n) is 9.18. The highest BCUT2D eigenvalue weighted by Gasteiger charge is 2.24. The van der Waals surface area contributed by atoms with Gasteiger partial charge >= 0.3 is 0 Å². The monoisotopic (exact) mass is 492 g/mol. The summed E-state index contributed by atoms with van der Waals surface area (Å²) in [5.41, 5.74) is 3.85. The van der Waals surface area contributed by atoms with Gasteiger partial charge in [-0.3, -0.25) is 4.79 Å². The van der Waals surface area contributed by atoms with Gasteiger partial charge in [-0.25, -0.2) is 9.67 Å². The maximum Gasteiger partial charge on any atom is 0.255 e. The van der Waals surface area contributed by atoms with Crippen molar-refractivity contribution in [2.45, 2.75) is 77.9 Å². The van der Waals surface area contributed by atoms with Crippen molar-refractivity contribution in [1.82, 2.24) is 20.1 Å². The van der Waals surface area contributed by atoms with Crippen LogP contribution in [0.2, 0.25) is 0 Å². The standard InChI is InChI=1S/C27H36N6O3/c1-4-15-36-21-13-7-18(8-14-21)24(5-2)31-27(34)23-16-28-26-22(17-29-33(26)6-3)25(23)30-19-9-11-20(32-35)12-10-19/h7-8,13-14,16-17,19,24,35H,4-6,9-12,15H2,1-3H3,(H,28,30)(H,31,34). The summed E-state index contributed by atoms with van der Waals surface area (Å²) in [5, 5.41) is 24.6. The lowest BCUT2D eigenvalue weighted by Crippen LogP contribution is -2.31. The Hall–Kier alpha value is -3.62. The number of oxime groups is 1. The lowest BCUT2D eigenvalue weighted by atomic mass is 9.93. The van der Waals surface area contributed by atoms with Crippen molar-refractivity contribution in [3.8, 4) is 5.75 Å². The molecule has 9 heteroatoms. The molecule has 1 atom stereocenters. The third-order valence-electron chi connectivity index (χ3n) is 6.73. The van der Waals surface area contributed by atoms with Crippen LogP contribution in [-0.4, -0.2) is 44.2 Å². The van der Waals surface area contributed by atoms with Crippen LogP contribution in [0.1, 0.15) is 81.3 Å². The van der Waals surface area contributed by atoms with Crippen molar-refractivity contribution in [2.24, 2.45) is 5.16 Å². The minimum Gasteiger partial charge on any atom is -0.494 e. The summed E-state index contributed by atoms with van der Waals surface area (Å²) >= 11 is 0. The van der Waals surface area contributed by atoms with E-state index in [0.717, 1.165) is 72.3 Å². The number of amides is 1. The van der Waals surface area contributed by atoms with Crippen LogP contribution >= 0.6 is 0 Å². The van der Waals surface area contributed by atoms with Crippen LogP contribution in [-0.2, 0) is 6.54 Å². The molecule has 2 heterocycles. The fourth-order valence-electron chi connectivity index (χ4n) is 4.66. The zero-order valence-electron chi connectivity index (χ0n) is 21.3. The predicted octanol–water partition coefficient (Wildman–Crippen LogP) is 5.31. The molecule has 192 valence electrons. The highest BCUT2D eigenvalue weighted by atomic mass is 16.5. The Kier molecular flexibility index (Phi) is 8.40. The second kappa shape index (κ2) is 11.9. The van der Waals surface area contributed by atoms with Crippen molar-refractivity contribution in [2.75, 3.05) is 11.9 Å². The Balaban J connectivity index is 1.59. The normalized spacial score (nSPS) is 16.5. The largest absolute Gasteiger partial charge is 0.494 e. The number of aromatic nitrogens is 3. The third kappa shape index (κ3) is 5.61. The van der Waals surface area contributed by atoms with Crippen LogP contribution in [0, 0.1) is 0 Å². The lowest BCUT2D eigenvalue weighted by molar-refractivity contribution is 0.0936. The molecule has 0 aliphatic heterocycles. The topological polar surface area (TPSA) is 114 Å². The zero-order valence-corrected chi connectivity index (χ0v) is 21.3. The van der Waals surface area contributed by atoms with Gasteiger partial charge in [0.2, 0.25) is 0 Å². The lowest BCUT2D eigenvalue weighted by Gasteiger charge is -2.26. The van der Waals surface area contributed by atoms with Crippen molar-refractivity contribution in [1.29, 1.82) is 0 Å². The van der Waals surface area contributed by atoms with Crippen LogP contribution in [0.25, 0.3) is 11.0 Å². The van der Waals surface area contributed by atoms with Gasteiger partial charge in [0.1, 0.15) is 5.75 Å². The predicted molar refractivity (Wildman–Crippen MR) is 141 cm³/mol. The van der Waals surface area contributed by atoms with Gasteiger partial charge in [0.05, 0.1) is 41.2 Å². The van der Waals surface area contributed by atoms with E-state index in [4.69, 9.17) is 9.94 Å². The van der Waals surface area contributed by atoms with Gasteiger partial charge in [-0.1, -0.05) is 31.1 Å². The Morgan fingerprint density at radius 1 is 1.19 bits per heavy atom. The van der Waals surface area contributed by atoms with Crippen molar-refractivity contribution < 1.29 is 14.7 Å². The Morgan fingerprint density at radius 2 is 1.94 bits per heavy atom. The number of rotatable bonds is 10. The van der Waals surface area contributed by atoms with Gasteiger partial charge in [-0.05, 0) is 63.1 Å². The Labute approximate surface area is 211 Å². The molecule has 1 aliphatic carbocycles. The van der Waals surface area contributed by atoms with Gasteiger partial charge in [-0.2, -0.15) is 5.10 Å². The molecule has 0 radical (unpaired) electrons. The average Bonchev–Trinajstić information content (AvgIpc) is 3.35. The van der Waals surface area contributed by atoms with Gasteiger partial charge in [0.25, 0.3) is 5.91 Å². The minimum absolute atomic E-state index is 0.141. The van der Waals surface area contributed by atoms with Crippen LogP contribution < -0.4 is 15.4 Å². The highest BCUT2D eigenvalue weighted by molar-refractivity contribution is 6.06. The molecule has 0 saturated heterocycles. The number of fused-ring (bicyclic) bond motifs is 1. The van der Waals surface area contributed by atoms with E-state index >= 15 is 0 Å². The van der Waals surface area contributed by atoms with Gasteiger partial charge in [0.15, 0.2) is 5.65 Å². The van der Waals surface area contributed by atoms with E-state index in [9.17, 15) is 4.79 Å². The fraction of sp³-hybridized carbons (Fsp3) is 0.481. The van der Waals surface area contributed by atoms with E-state index in [1.807, 2.05) is 35.9 Å². The highest BCUT2D eigenvalue weighted by Crippen LogP contribution is 2.30. The summed E-state index contributed by atoms with van der Waals surface area (Å²) in [6.45, 7) is 7.53. The van der Waals surface area contributed by atoms with Gasteiger partial charge in [0, 0.05) is 18.8 Å². The molecule has 1 aromatic carbocycles. The molecule has 3 N–H and O–H groups in total. The number of benzene rings is 1. The average molecular weight is 493 g/mol. The van der Waals surface area contributed by atoms with E-state index in [-0.39, 0.29) is 18.0 Å². The quantitative estimate of drug-likeness (QED) is 0.261. The summed E-state index contributed by atoms with van der Waals surface area (Å²) in [6.07, 6.45) is 8.25. The Morgan fingerprint density at radius 3 is 2.58 bits per heavy atom. The molecule has 1 unspecified atom stereocenters. The molecule has 1 saturated carbocycles. The molecule has 4 rings (SSSR count). The minimum atomic E-state index is -0.178. The molecule has 9 nitrogen and oxygen atoms in total. The van der Waals surface area contributed by atoms with E-state index < -0.39 is 0 Å². The Bertz CT molecular complexity index is 1190. The number of nitrogens with zero attached hydrogens (tertiary/aromatic N) is 4. The number of anilines is 1. The van der Waals surface area contributed by atoms with Crippen LogP contribution in [0.15, 0.2) is 41.8 Å². The molecular weight excluding hydrogens is 456 g/mol. The smallest absolute Gasteiger partial charge is 0.255 e. The van der Waals surface area contributed by atoms with Crippen LogP contribution in [0.3, 0.4) is 0 Å². The number of nitrogens with one attached hydrogen (secondary N) is 2. The number of hydrogen-bond acceptors (Lipinski definition) is 7. The first kappa shape index (κ1) is 25.5. The van der Waals surface area contributed by atoms with E-state index in [1.165, 1.54) is 0 Å². The molecule has 3 aromatic rings. The molecule has 0 spiro atoms. The van der Waals surface area contributed by atoms with Crippen LogP contribution in [0.5, 0.6) is 5.75 Å². The number of hydrogen-bond donors (Lipinski definition) is 3. The fourth-order valence-corrected chi connectivity index (χ4v) is 4.66. The molecule has 2 aromatic heterocycles.